The molecule has 0 heterocycles. The summed E-state index contributed by atoms with van der Waals surface area (Å²) < 4.78 is 27.6. The normalized spacial score (nSPS) is 10.9. The molecule has 0 spiro atoms. The lowest BCUT2D eigenvalue weighted by Crippen LogP contribution is -2.30. The Labute approximate surface area is 205 Å². The van der Waals surface area contributed by atoms with Crippen LogP contribution in [0.5, 0.6) is 0 Å². The van der Waals surface area contributed by atoms with Crippen LogP contribution in [0.15, 0.2) is 90.3 Å². The van der Waals surface area contributed by atoms with Crippen LogP contribution in [0.1, 0.15) is 44.3 Å². The topological polar surface area (TPSA) is 107 Å². The molecule has 3 rings (SSSR count). The largest absolute Gasteiger partial charge is 0.331 e. The van der Waals surface area contributed by atoms with Crippen molar-refractivity contribution in [2.45, 2.75) is 24.9 Å². The quantitative estimate of drug-likeness (QED) is 0.343. The standard InChI is InChI=1S/C27H25N3O4S/c1-3-16-30(19-23-6-4-21(17-28)5-7-23)27(32)25-10-8-22(9-11-25)18-29-35(33,34)26-14-12-24(13-15-26)20(2)31/h3-15,29H,1,16,18-19H2,2H3. The Morgan fingerprint density at radius 2 is 1.51 bits per heavy atom. The van der Waals surface area contributed by atoms with E-state index in [9.17, 15) is 18.0 Å². The fourth-order valence-electron chi connectivity index (χ4n) is 3.36. The number of ketones is 1. The highest BCUT2D eigenvalue weighted by Crippen LogP contribution is 2.15. The van der Waals surface area contributed by atoms with Gasteiger partial charge in [-0.15, -0.1) is 6.58 Å². The molecule has 0 aliphatic rings. The van der Waals surface area contributed by atoms with Crippen molar-refractivity contribution < 1.29 is 18.0 Å². The number of carbonyl (C=O) groups excluding carboxylic acids is 2. The first-order valence-electron chi connectivity index (χ1n) is 10.8. The van der Waals surface area contributed by atoms with E-state index in [1.807, 2.05) is 12.1 Å². The maximum Gasteiger partial charge on any atom is 0.254 e. The highest BCUT2D eigenvalue weighted by atomic mass is 32.2. The third kappa shape index (κ3) is 6.73. The molecule has 0 bridgehead atoms. The van der Waals surface area contributed by atoms with E-state index in [-0.39, 0.29) is 23.1 Å². The third-order valence-corrected chi connectivity index (χ3v) is 6.75. The summed E-state index contributed by atoms with van der Waals surface area (Å²) in [6.45, 7) is 5.90. The van der Waals surface area contributed by atoms with E-state index < -0.39 is 10.0 Å². The second-order valence-electron chi connectivity index (χ2n) is 7.89. The molecular weight excluding hydrogens is 462 g/mol. The summed E-state index contributed by atoms with van der Waals surface area (Å²) in [6.07, 6.45) is 1.65. The van der Waals surface area contributed by atoms with Crippen LogP contribution in [-0.4, -0.2) is 31.6 Å². The van der Waals surface area contributed by atoms with Crippen molar-refractivity contribution in [2.24, 2.45) is 0 Å². The molecule has 35 heavy (non-hydrogen) atoms. The lowest BCUT2D eigenvalue weighted by molar-refractivity contribution is 0.0762. The van der Waals surface area contributed by atoms with Crippen LogP contribution in [-0.2, 0) is 23.1 Å². The van der Waals surface area contributed by atoms with E-state index in [2.05, 4.69) is 17.4 Å². The molecule has 0 aliphatic heterocycles. The number of nitrogens with zero attached hydrogens (tertiary/aromatic N) is 2. The van der Waals surface area contributed by atoms with Gasteiger partial charge in [-0.2, -0.15) is 5.26 Å². The van der Waals surface area contributed by atoms with E-state index in [1.165, 1.54) is 31.2 Å². The first-order chi connectivity index (χ1) is 16.7. The number of carbonyl (C=O) groups is 2. The van der Waals surface area contributed by atoms with Crippen molar-refractivity contribution in [3.63, 3.8) is 0 Å². The van der Waals surface area contributed by atoms with Gasteiger partial charge in [0.15, 0.2) is 5.78 Å². The first-order valence-corrected chi connectivity index (χ1v) is 12.3. The highest BCUT2D eigenvalue weighted by molar-refractivity contribution is 7.89. The zero-order valence-corrected chi connectivity index (χ0v) is 20.1. The fraction of sp³-hybridized carbons (Fsp3) is 0.148. The Kier molecular flexibility index (Phi) is 8.31. The predicted octanol–water partition coefficient (Wildman–Crippen LogP) is 4.07. The van der Waals surface area contributed by atoms with Gasteiger partial charge in [0.1, 0.15) is 0 Å². The Bertz CT molecular complexity index is 1360. The minimum Gasteiger partial charge on any atom is -0.331 e. The Morgan fingerprint density at radius 3 is 2.06 bits per heavy atom. The molecule has 7 nitrogen and oxygen atoms in total. The number of hydrogen-bond acceptors (Lipinski definition) is 5. The smallest absolute Gasteiger partial charge is 0.254 e. The second kappa shape index (κ2) is 11.4. The van der Waals surface area contributed by atoms with Crippen LogP contribution in [0, 0.1) is 11.3 Å². The summed E-state index contributed by atoms with van der Waals surface area (Å²) in [5.74, 6) is -0.327. The van der Waals surface area contributed by atoms with Crippen LogP contribution in [0.2, 0.25) is 0 Å². The van der Waals surface area contributed by atoms with E-state index in [0.717, 1.165) is 5.56 Å². The third-order valence-electron chi connectivity index (χ3n) is 5.33. The van der Waals surface area contributed by atoms with Crippen molar-refractivity contribution in [2.75, 3.05) is 6.54 Å². The van der Waals surface area contributed by atoms with Gasteiger partial charge in [0, 0.05) is 30.8 Å². The summed E-state index contributed by atoms with van der Waals surface area (Å²) in [4.78, 5) is 26.1. The molecule has 3 aromatic carbocycles. The number of nitrogens with one attached hydrogen (secondary N) is 1. The monoisotopic (exact) mass is 487 g/mol. The van der Waals surface area contributed by atoms with Gasteiger partial charge in [0.25, 0.3) is 5.91 Å². The van der Waals surface area contributed by atoms with Gasteiger partial charge in [-0.1, -0.05) is 42.5 Å². The number of rotatable bonds is 10. The summed E-state index contributed by atoms with van der Waals surface area (Å²) in [6, 6.07) is 21.5. The van der Waals surface area contributed by atoms with Crippen LogP contribution >= 0.6 is 0 Å². The number of amides is 1. The van der Waals surface area contributed by atoms with Crippen molar-refractivity contribution in [3.05, 3.63) is 113 Å². The lowest BCUT2D eigenvalue weighted by atomic mass is 10.1. The van der Waals surface area contributed by atoms with Crippen LogP contribution in [0.4, 0.5) is 0 Å². The number of benzene rings is 3. The molecule has 1 N–H and O–H groups in total. The van der Waals surface area contributed by atoms with Gasteiger partial charge >= 0.3 is 0 Å². The molecule has 0 saturated carbocycles. The Balaban J connectivity index is 1.66. The molecular formula is C27H25N3O4S. The molecule has 1 amide bonds. The number of nitriles is 1. The van der Waals surface area contributed by atoms with Gasteiger partial charge in [0.05, 0.1) is 16.5 Å². The maximum atomic E-state index is 13.0. The van der Waals surface area contributed by atoms with E-state index in [4.69, 9.17) is 5.26 Å². The SMILES string of the molecule is C=CCN(Cc1ccc(C#N)cc1)C(=O)c1ccc(CNS(=O)(=O)c2ccc(C(C)=O)cc2)cc1. The molecule has 0 unspecified atom stereocenters. The lowest BCUT2D eigenvalue weighted by Gasteiger charge is -2.21. The first kappa shape index (κ1) is 25.6. The van der Waals surface area contributed by atoms with E-state index in [0.29, 0.717) is 35.3 Å². The molecule has 3 aromatic rings. The Hall–Kier alpha value is -4.06. The minimum absolute atomic E-state index is 0.0485. The van der Waals surface area contributed by atoms with E-state index >= 15 is 0 Å². The van der Waals surface area contributed by atoms with Gasteiger partial charge in [-0.05, 0) is 54.4 Å². The zero-order chi connectivity index (χ0) is 25.4. The van der Waals surface area contributed by atoms with E-state index in [1.54, 1.807) is 47.4 Å². The van der Waals surface area contributed by atoms with Crippen LogP contribution < -0.4 is 4.72 Å². The molecule has 178 valence electrons. The molecule has 0 atom stereocenters. The predicted molar refractivity (Wildman–Crippen MR) is 133 cm³/mol. The molecule has 8 heteroatoms. The molecule has 0 fully saturated rings. The Morgan fingerprint density at radius 1 is 0.943 bits per heavy atom. The average molecular weight is 488 g/mol. The van der Waals surface area contributed by atoms with Gasteiger partial charge in [0.2, 0.25) is 10.0 Å². The van der Waals surface area contributed by atoms with Crippen LogP contribution in [0.3, 0.4) is 0 Å². The summed E-state index contributed by atoms with van der Waals surface area (Å²) in [7, 11) is -3.76. The minimum atomic E-state index is -3.76. The van der Waals surface area contributed by atoms with Gasteiger partial charge in [-0.3, -0.25) is 9.59 Å². The average Bonchev–Trinajstić information content (AvgIpc) is 2.87. The molecule has 0 aliphatic carbocycles. The van der Waals surface area contributed by atoms with Crippen molar-refractivity contribution in [3.8, 4) is 6.07 Å². The second-order valence-corrected chi connectivity index (χ2v) is 9.65. The van der Waals surface area contributed by atoms with Crippen molar-refractivity contribution in [1.29, 1.82) is 5.26 Å². The van der Waals surface area contributed by atoms with Crippen molar-refractivity contribution >= 4 is 21.7 Å². The van der Waals surface area contributed by atoms with Gasteiger partial charge < -0.3 is 4.90 Å². The maximum absolute atomic E-state index is 13.0. The number of hydrogen-bond donors (Lipinski definition) is 1. The number of sulfonamides is 1. The number of Topliss-reactive ketones (excluding diaryl/α,β-unsaturated/α-hetero) is 1. The molecule has 0 saturated heterocycles. The van der Waals surface area contributed by atoms with Crippen molar-refractivity contribution in [1.82, 2.24) is 9.62 Å². The van der Waals surface area contributed by atoms with Crippen LogP contribution in [0.25, 0.3) is 0 Å². The highest BCUT2D eigenvalue weighted by Gasteiger charge is 2.17. The molecule has 0 radical (unpaired) electrons. The summed E-state index contributed by atoms with van der Waals surface area (Å²) >= 11 is 0. The zero-order valence-electron chi connectivity index (χ0n) is 19.3. The summed E-state index contributed by atoms with van der Waals surface area (Å²) in [5.41, 5.74) is 3.03. The fourth-order valence-corrected chi connectivity index (χ4v) is 4.38. The summed E-state index contributed by atoms with van der Waals surface area (Å²) in [5, 5.41) is 8.95. The molecule has 0 aromatic heterocycles. The van der Waals surface area contributed by atoms with Gasteiger partial charge in [-0.25, -0.2) is 13.1 Å².